The first kappa shape index (κ1) is 17.9. The van der Waals surface area contributed by atoms with Crippen LogP contribution in [0.25, 0.3) is 10.9 Å². The summed E-state index contributed by atoms with van der Waals surface area (Å²) in [6.07, 6.45) is 4.79. The van der Waals surface area contributed by atoms with Gasteiger partial charge in [0.2, 0.25) is 11.9 Å². The molecule has 5 N–H and O–H groups in total. The van der Waals surface area contributed by atoms with Crippen LogP contribution in [-0.2, 0) is 9.59 Å². The summed E-state index contributed by atoms with van der Waals surface area (Å²) in [5.74, 6) is -0.412. The highest BCUT2D eigenvalue weighted by Gasteiger charge is 2.15. The molecule has 8 heteroatoms. The van der Waals surface area contributed by atoms with Crippen LogP contribution in [0.4, 0.5) is 17.5 Å². The summed E-state index contributed by atoms with van der Waals surface area (Å²) < 4.78 is 0. The highest BCUT2D eigenvalue weighted by atomic mass is 16.4. The van der Waals surface area contributed by atoms with Crippen LogP contribution in [0.5, 0.6) is 0 Å². The number of rotatable bonds is 7. The highest BCUT2D eigenvalue weighted by molar-refractivity contribution is 5.95. The lowest BCUT2D eigenvalue weighted by atomic mass is 10.1. The van der Waals surface area contributed by atoms with Gasteiger partial charge in [0.1, 0.15) is 5.82 Å². The van der Waals surface area contributed by atoms with Crippen molar-refractivity contribution in [2.45, 2.75) is 38.5 Å². The molecule has 26 heavy (non-hydrogen) atoms. The number of carbonyl (C=O) groups is 2. The van der Waals surface area contributed by atoms with Crippen molar-refractivity contribution in [1.29, 1.82) is 0 Å². The van der Waals surface area contributed by atoms with E-state index >= 15 is 0 Å². The number of carbonyl (C=O) groups excluding carboxylic acids is 1. The quantitative estimate of drug-likeness (QED) is 0.599. The zero-order chi connectivity index (χ0) is 18.5. The van der Waals surface area contributed by atoms with Gasteiger partial charge < -0.3 is 16.2 Å². The van der Waals surface area contributed by atoms with Crippen molar-refractivity contribution >= 4 is 40.2 Å². The first-order valence-electron chi connectivity index (χ1n) is 8.84. The minimum atomic E-state index is -1.03. The van der Waals surface area contributed by atoms with E-state index in [4.69, 9.17) is 10.8 Å². The number of amides is 1. The molecule has 0 bridgehead atoms. The largest absolute Gasteiger partial charge is 0.481 e. The summed E-state index contributed by atoms with van der Waals surface area (Å²) in [6, 6.07) is 5.67. The predicted octanol–water partition coefficient (Wildman–Crippen LogP) is 2.62. The Morgan fingerprint density at radius 3 is 2.69 bits per heavy atom. The maximum absolute atomic E-state index is 11.7. The molecule has 0 atom stereocenters. The first-order chi connectivity index (χ1) is 12.5. The fraction of sp³-hybridized carbons (Fsp3) is 0.444. The Balaban J connectivity index is 1.69. The minimum absolute atomic E-state index is 0.0806. The van der Waals surface area contributed by atoms with E-state index in [0.29, 0.717) is 10.9 Å². The Kier molecular flexibility index (Phi) is 5.50. The molecule has 1 aromatic heterocycles. The SMILES string of the molecule is Nc1nc(NC(=O)CCC(=O)O)nc2ccc(NCC3CCCC3)cc12. The van der Waals surface area contributed by atoms with Crippen molar-refractivity contribution in [2.75, 3.05) is 22.9 Å². The van der Waals surface area contributed by atoms with Crippen LogP contribution in [0.15, 0.2) is 18.2 Å². The number of nitrogens with one attached hydrogen (secondary N) is 2. The predicted molar refractivity (Wildman–Crippen MR) is 99.9 cm³/mol. The molecule has 1 aromatic carbocycles. The fourth-order valence-electron chi connectivity index (χ4n) is 3.20. The number of anilines is 3. The van der Waals surface area contributed by atoms with Gasteiger partial charge in [-0.2, -0.15) is 4.98 Å². The number of carboxylic acid groups (broad SMARTS) is 1. The second-order valence-corrected chi connectivity index (χ2v) is 6.64. The van der Waals surface area contributed by atoms with Crippen LogP contribution in [0.3, 0.4) is 0 Å². The minimum Gasteiger partial charge on any atom is -0.481 e. The van der Waals surface area contributed by atoms with Gasteiger partial charge in [-0.1, -0.05) is 12.8 Å². The van der Waals surface area contributed by atoms with Gasteiger partial charge in [0, 0.05) is 24.0 Å². The smallest absolute Gasteiger partial charge is 0.303 e. The van der Waals surface area contributed by atoms with Gasteiger partial charge in [-0.05, 0) is 37.0 Å². The summed E-state index contributed by atoms with van der Waals surface area (Å²) >= 11 is 0. The lowest BCUT2D eigenvalue weighted by Gasteiger charge is -2.13. The zero-order valence-electron chi connectivity index (χ0n) is 14.5. The summed E-state index contributed by atoms with van der Waals surface area (Å²) in [5.41, 5.74) is 7.61. The molecule has 1 aliphatic carbocycles. The maximum Gasteiger partial charge on any atom is 0.303 e. The first-order valence-corrected chi connectivity index (χ1v) is 8.84. The topological polar surface area (TPSA) is 130 Å². The third-order valence-electron chi connectivity index (χ3n) is 4.61. The molecular weight excluding hydrogens is 334 g/mol. The van der Waals surface area contributed by atoms with Crippen LogP contribution in [0, 0.1) is 5.92 Å². The van der Waals surface area contributed by atoms with E-state index in [1.54, 1.807) is 0 Å². The van der Waals surface area contributed by atoms with Gasteiger partial charge >= 0.3 is 5.97 Å². The molecule has 1 fully saturated rings. The van der Waals surface area contributed by atoms with Crippen LogP contribution < -0.4 is 16.4 Å². The Morgan fingerprint density at radius 1 is 1.19 bits per heavy atom. The van der Waals surface area contributed by atoms with E-state index in [-0.39, 0.29) is 24.6 Å². The number of hydrogen-bond donors (Lipinski definition) is 4. The molecule has 138 valence electrons. The Morgan fingerprint density at radius 2 is 1.96 bits per heavy atom. The Labute approximate surface area is 151 Å². The van der Waals surface area contributed by atoms with Crippen molar-refractivity contribution in [3.8, 4) is 0 Å². The standard InChI is InChI=1S/C18H23N5O3/c19-17-13-9-12(20-10-11-3-1-2-4-11)5-6-14(13)21-18(23-17)22-15(24)7-8-16(25)26/h5-6,9,11,20H,1-4,7-8,10H2,(H,25,26)(H3,19,21,22,23,24). The van der Waals surface area contributed by atoms with E-state index in [0.717, 1.165) is 18.2 Å². The molecule has 1 amide bonds. The van der Waals surface area contributed by atoms with Gasteiger partial charge in [-0.25, -0.2) is 4.98 Å². The molecule has 0 aliphatic heterocycles. The monoisotopic (exact) mass is 357 g/mol. The number of aliphatic carboxylic acids is 1. The highest BCUT2D eigenvalue weighted by Crippen LogP contribution is 2.27. The lowest BCUT2D eigenvalue weighted by molar-refractivity contribution is -0.138. The van der Waals surface area contributed by atoms with Gasteiger partial charge in [-0.15, -0.1) is 0 Å². The van der Waals surface area contributed by atoms with Crippen LogP contribution in [-0.4, -0.2) is 33.5 Å². The van der Waals surface area contributed by atoms with Gasteiger partial charge in [0.15, 0.2) is 0 Å². The number of carboxylic acids is 1. The van der Waals surface area contributed by atoms with E-state index in [2.05, 4.69) is 20.6 Å². The number of nitrogens with zero attached hydrogens (tertiary/aromatic N) is 2. The summed E-state index contributed by atoms with van der Waals surface area (Å²) in [5, 5.41) is 15.3. The fourth-order valence-corrected chi connectivity index (χ4v) is 3.20. The average Bonchev–Trinajstić information content (AvgIpc) is 3.12. The molecule has 1 saturated carbocycles. The number of benzene rings is 1. The zero-order valence-corrected chi connectivity index (χ0v) is 14.5. The van der Waals surface area contributed by atoms with E-state index in [1.165, 1.54) is 25.7 Å². The molecular formula is C18H23N5O3. The number of aromatic nitrogens is 2. The maximum atomic E-state index is 11.7. The Hall–Kier alpha value is -2.90. The third kappa shape index (κ3) is 4.59. The molecule has 0 saturated heterocycles. The van der Waals surface area contributed by atoms with Crippen molar-refractivity contribution in [3.05, 3.63) is 18.2 Å². The molecule has 3 rings (SSSR count). The lowest BCUT2D eigenvalue weighted by Crippen LogP contribution is -2.16. The summed E-state index contributed by atoms with van der Waals surface area (Å²) in [6.45, 7) is 0.948. The second kappa shape index (κ2) is 7.99. The van der Waals surface area contributed by atoms with E-state index in [1.807, 2.05) is 18.2 Å². The van der Waals surface area contributed by atoms with Crippen molar-refractivity contribution < 1.29 is 14.7 Å². The van der Waals surface area contributed by atoms with Crippen LogP contribution in [0.2, 0.25) is 0 Å². The number of fused-ring (bicyclic) bond motifs is 1. The molecule has 1 heterocycles. The molecule has 1 aliphatic rings. The number of nitrogen functional groups attached to an aromatic ring is 1. The molecule has 2 aromatic rings. The molecule has 0 unspecified atom stereocenters. The summed E-state index contributed by atoms with van der Waals surface area (Å²) in [7, 11) is 0. The second-order valence-electron chi connectivity index (χ2n) is 6.64. The van der Waals surface area contributed by atoms with Gasteiger partial charge in [-0.3, -0.25) is 14.9 Å². The van der Waals surface area contributed by atoms with Gasteiger partial charge in [0.05, 0.1) is 11.9 Å². The van der Waals surface area contributed by atoms with E-state index in [9.17, 15) is 9.59 Å². The molecule has 8 nitrogen and oxygen atoms in total. The molecule has 0 spiro atoms. The Bertz CT molecular complexity index is 818. The van der Waals surface area contributed by atoms with E-state index < -0.39 is 11.9 Å². The van der Waals surface area contributed by atoms with Gasteiger partial charge in [0.25, 0.3) is 0 Å². The van der Waals surface area contributed by atoms with Crippen molar-refractivity contribution in [3.63, 3.8) is 0 Å². The van der Waals surface area contributed by atoms with Crippen LogP contribution in [0.1, 0.15) is 38.5 Å². The third-order valence-corrected chi connectivity index (χ3v) is 4.61. The number of hydrogen-bond acceptors (Lipinski definition) is 6. The number of nitrogens with two attached hydrogens (primary N) is 1. The molecule has 0 radical (unpaired) electrons. The summed E-state index contributed by atoms with van der Waals surface area (Å²) in [4.78, 5) is 30.6. The van der Waals surface area contributed by atoms with Crippen LogP contribution >= 0.6 is 0 Å². The van der Waals surface area contributed by atoms with Crippen molar-refractivity contribution in [2.24, 2.45) is 5.92 Å². The average molecular weight is 357 g/mol. The normalized spacial score (nSPS) is 14.5. The van der Waals surface area contributed by atoms with Crippen molar-refractivity contribution in [1.82, 2.24) is 9.97 Å².